The summed E-state index contributed by atoms with van der Waals surface area (Å²) in [6.07, 6.45) is 2.65. The first kappa shape index (κ1) is 17.7. The van der Waals surface area contributed by atoms with E-state index in [0.717, 1.165) is 19.3 Å². The van der Waals surface area contributed by atoms with Crippen molar-refractivity contribution >= 4 is 11.7 Å². The van der Waals surface area contributed by atoms with Crippen molar-refractivity contribution in [1.29, 1.82) is 0 Å². The van der Waals surface area contributed by atoms with Crippen LogP contribution >= 0.6 is 0 Å². The van der Waals surface area contributed by atoms with Crippen LogP contribution < -0.4 is 14.8 Å². The average molecular weight is 368 g/mol. The van der Waals surface area contributed by atoms with E-state index < -0.39 is 0 Å². The number of nitrogens with zero attached hydrogens (tertiary/aromatic N) is 1. The zero-order valence-electron chi connectivity index (χ0n) is 15.2. The summed E-state index contributed by atoms with van der Waals surface area (Å²) in [5, 5.41) is 12.4. The van der Waals surface area contributed by atoms with E-state index in [2.05, 4.69) is 17.4 Å². The van der Waals surface area contributed by atoms with Gasteiger partial charge in [0.05, 0.1) is 25.9 Å². The second-order valence-corrected chi connectivity index (χ2v) is 6.81. The van der Waals surface area contributed by atoms with Crippen LogP contribution in [0.3, 0.4) is 0 Å². The maximum absolute atomic E-state index is 13.0. The lowest BCUT2D eigenvalue weighted by Gasteiger charge is -2.29. The highest BCUT2D eigenvalue weighted by molar-refractivity contribution is 5.90. The molecule has 1 aliphatic heterocycles. The minimum Gasteiger partial charge on any atom is -0.490 e. The van der Waals surface area contributed by atoms with Crippen LogP contribution in [0.15, 0.2) is 42.5 Å². The van der Waals surface area contributed by atoms with E-state index in [9.17, 15) is 9.90 Å². The first-order chi connectivity index (χ1) is 13.3. The van der Waals surface area contributed by atoms with Crippen molar-refractivity contribution in [3.63, 3.8) is 0 Å². The smallest absolute Gasteiger partial charge is 0.322 e. The van der Waals surface area contributed by atoms with Gasteiger partial charge in [-0.1, -0.05) is 24.3 Å². The normalized spacial score (nSPS) is 17.7. The number of carbonyl (C=O) groups is 1. The zero-order chi connectivity index (χ0) is 18.6. The summed E-state index contributed by atoms with van der Waals surface area (Å²) in [5.41, 5.74) is 3.09. The summed E-state index contributed by atoms with van der Waals surface area (Å²) in [4.78, 5) is 14.7. The Morgan fingerprint density at radius 1 is 1.15 bits per heavy atom. The number of urea groups is 1. The summed E-state index contributed by atoms with van der Waals surface area (Å²) < 4.78 is 11.3. The van der Waals surface area contributed by atoms with E-state index in [1.54, 1.807) is 11.0 Å². The third-order valence-corrected chi connectivity index (χ3v) is 5.08. The summed E-state index contributed by atoms with van der Waals surface area (Å²) >= 11 is 0. The first-order valence-corrected chi connectivity index (χ1v) is 9.42. The van der Waals surface area contributed by atoms with Gasteiger partial charge in [-0.3, -0.25) is 0 Å². The standard InChI is InChI=1S/C21H24N2O4/c24-11-10-23(18-8-6-15-4-1-2-5-17(15)18)21(25)22-16-7-9-19-20(14-16)27-13-3-12-26-19/h1-2,4-5,7,9,14,18,24H,3,6,8,10-13H2,(H,22,25)/t18-/m1/s1. The Bertz CT molecular complexity index is 824. The molecule has 4 rings (SSSR count). The monoisotopic (exact) mass is 368 g/mol. The molecule has 0 aromatic heterocycles. The van der Waals surface area contributed by atoms with Gasteiger partial charge in [0.25, 0.3) is 0 Å². The molecule has 0 saturated carbocycles. The lowest BCUT2D eigenvalue weighted by atomic mass is 10.1. The average Bonchev–Trinajstić information content (AvgIpc) is 2.96. The van der Waals surface area contributed by atoms with Gasteiger partial charge in [0.15, 0.2) is 11.5 Å². The minimum absolute atomic E-state index is 0.0197. The van der Waals surface area contributed by atoms with Crippen molar-refractivity contribution < 1.29 is 19.4 Å². The van der Waals surface area contributed by atoms with Crippen molar-refractivity contribution in [3.05, 3.63) is 53.6 Å². The van der Waals surface area contributed by atoms with Crippen molar-refractivity contribution in [2.24, 2.45) is 0 Å². The molecule has 1 atom stereocenters. The summed E-state index contributed by atoms with van der Waals surface area (Å²) in [5.74, 6) is 1.34. The highest BCUT2D eigenvalue weighted by Crippen LogP contribution is 2.36. The van der Waals surface area contributed by atoms with Crippen molar-refractivity contribution in [2.45, 2.75) is 25.3 Å². The van der Waals surface area contributed by atoms with Gasteiger partial charge in [0.2, 0.25) is 0 Å². The summed E-state index contributed by atoms with van der Waals surface area (Å²) in [6.45, 7) is 1.44. The van der Waals surface area contributed by atoms with Crippen molar-refractivity contribution in [1.82, 2.24) is 4.90 Å². The molecular weight excluding hydrogens is 344 g/mol. The van der Waals surface area contributed by atoms with Gasteiger partial charge in [-0.15, -0.1) is 0 Å². The molecule has 2 N–H and O–H groups in total. The third-order valence-electron chi connectivity index (χ3n) is 5.08. The Hall–Kier alpha value is -2.73. The molecule has 2 amide bonds. The fourth-order valence-electron chi connectivity index (χ4n) is 3.80. The fraction of sp³-hybridized carbons (Fsp3) is 0.381. The minimum atomic E-state index is -0.222. The highest BCUT2D eigenvalue weighted by atomic mass is 16.5. The number of hydrogen-bond donors (Lipinski definition) is 2. The number of benzene rings is 2. The first-order valence-electron chi connectivity index (χ1n) is 9.42. The number of fused-ring (bicyclic) bond motifs is 2. The lowest BCUT2D eigenvalue weighted by molar-refractivity contribution is 0.162. The predicted molar refractivity (Wildman–Crippen MR) is 102 cm³/mol. The number of nitrogens with one attached hydrogen (secondary N) is 1. The second-order valence-electron chi connectivity index (χ2n) is 6.81. The van der Waals surface area contributed by atoms with Crippen LogP contribution in [0.4, 0.5) is 10.5 Å². The Morgan fingerprint density at radius 2 is 1.96 bits per heavy atom. The predicted octanol–water partition coefficient (Wildman–Crippen LogP) is 3.36. The van der Waals surface area contributed by atoms with Crippen LogP contribution in [0, 0.1) is 0 Å². The van der Waals surface area contributed by atoms with Crippen LogP contribution in [0.2, 0.25) is 0 Å². The molecule has 2 aliphatic rings. The molecule has 1 heterocycles. The number of aliphatic hydroxyl groups excluding tert-OH is 1. The molecule has 0 spiro atoms. The van der Waals surface area contributed by atoms with E-state index in [1.165, 1.54) is 11.1 Å². The number of aliphatic hydroxyl groups is 1. The second kappa shape index (κ2) is 7.88. The SMILES string of the molecule is O=C(Nc1ccc2c(c1)OCCCO2)N(CCO)[C@@H]1CCc2ccccc21. The van der Waals surface area contributed by atoms with E-state index in [-0.39, 0.29) is 25.2 Å². The van der Waals surface area contributed by atoms with Gasteiger partial charge in [0.1, 0.15) is 0 Å². The number of rotatable bonds is 4. The quantitative estimate of drug-likeness (QED) is 0.868. The van der Waals surface area contributed by atoms with Gasteiger partial charge in [-0.25, -0.2) is 4.79 Å². The van der Waals surface area contributed by atoms with Gasteiger partial charge in [-0.2, -0.15) is 0 Å². The largest absolute Gasteiger partial charge is 0.490 e. The lowest BCUT2D eigenvalue weighted by Crippen LogP contribution is -2.39. The summed E-state index contributed by atoms with van der Waals surface area (Å²) in [6, 6.07) is 13.4. The van der Waals surface area contributed by atoms with Gasteiger partial charge in [-0.05, 0) is 36.1 Å². The number of carbonyl (C=O) groups excluding carboxylic acids is 1. The van der Waals surface area contributed by atoms with Gasteiger partial charge in [0, 0.05) is 24.7 Å². The molecule has 6 nitrogen and oxygen atoms in total. The van der Waals surface area contributed by atoms with Crippen molar-refractivity contribution in [3.8, 4) is 11.5 Å². The van der Waals surface area contributed by atoms with Crippen LogP contribution in [0.5, 0.6) is 11.5 Å². The van der Waals surface area contributed by atoms with E-state index in [1.807, 2.05) is 24.3 Å². The Balaban J connectivity index is 1.53. The van der Waals surface area contributed by atoms with Crippen molar-refractivity contribution in [2.75, 3.05) is 31.7 Å². The molecule has 0 fully saturated rings. The molecule has 0 bridgehead atoms. The molecule has 0 unspecified atom stereocenters. The molecule has 0 saturated heterocycles. The molecule has 0 radical (unpaired) electrons. The fourth-order valence-corrected chi connectivity index (χ4v) is 3.80. The number of hydrogen-bond acceptors (Lipinski definition) is 4. The third kappa shape index (κ3) is 3.71. The maximum atomic E-state index is 13.0. The molecule has 6 heteroatoms. The number of aryl methyl sites for hydroxylation is 1. The van der Waals surface area contributed by atoms with Crippen LogP contribution in [0.1, 0.15) is 30.0 Å². The maximum Gasteiger partial charge on any atom is 0.322 e. The number of amides is 2. The van der Waals surface area contributed by atoms with Gasteiger partial charge < -0.3 is 24.8 Å². The van der Waals surface area contributed by atoms with E-state index >= 15 is 0 Å². The van der Waals surface area contributed by atoms with Crippen LogP contribution in [-0.2, 0) is 6.42 Å². The van der Waals surface area contributed by atoms with E-state index in [0.29, 0.717) is 30.4 Å². The number of anilines is 1. The van der Waals surface area contributed by atoms with Gasteiger partial charge >= 0.3 is 6.03 Å². The summed E-state index contributed by atoms with van der Waals surface area (Å²) in [7, 11) is 0. The zero-order valence-corrected chi connectivity index (χ0v) is 15.2. The van der Waals surface area contributed by atoms with E-state index in [4.69, 9.17) is 9.47 Å². The topological polar surface area (TPSA) is 71.0 Å². The Morgan fingerprint density at radius 3 is 2.81 bits per heavy atom. The molecule has 27 heavy (non-hydrogen) atoms. The Kier molecular flexibility index (Phi) is 5.16. The molecule has 142 valence electrons. The molecular formula is C21H24N2O4. The molecule has 2 aromatic rings. The number of ether oxygens (including phenoxy) is 2. The van der Waals surface area contributed by atoms with Crippen LogP contribution in [0.25, 0.3) is 0 Å². The highest BCUT2D eigenvalue weighted by Gasteiger charge is 2.30. The van der Waals surface area contributed by atoms with Crippen LogP contribution in [-0.4, -0.2) is 42.4 Å². The Labute approximate surface area is 158 Å². The molecule has 1 aliphatic carbocycles. The molecule has 2 aromatic carbocycles.